The fourth-order valence-corrected chi connectivity index (χ4v) is 3.76. The first kappa shape index (κ1) is 12.9. The molecule has 21 heavy (non-hydrogen) atoms. The zero-order chi connectivity index (χ0) is 14.2. The van der Waals surface area contributed by atoms with Crippen LogP contribution in [0.3, 0.4) is 0 Å². The van der Waals surface area contributed by atoms with E-state index in [4.69, 9.17) is 4.74 Å². The summed E-state index contributed by atoms with van der Waals surface area (Å²) in [6, 6.07) is 16.7. The molecule has 0 saturated heterocycles. The molecule has 1 heterocycles. The third kappa shape index (κ3) is 2.24. The summed E-state index contributed by atoms with van der Waals surface area (Å²) in [7, 11) is 0. The van der Waals surface area contributed by atoms with E-state index in [0.717, 1.165) is 31.6 Å². The zero-order valence-corrected chi connectivity index (χ0v) is 12.0. The number of fused-ring (bicyclic) bond motifs is 2. The summed E-state index contributed by atoms with van der Waals surface area (Å²) in [6.45, 7) is 0.760. The van der Waals surface area contributed by atoms with Crippen molar-refractivity contribution >= 4 is 0 Å². The maximum atomic E-state index is 10.7. The smallest absolute Gasteiger partial charge is 0.122 e. The second-order valence-electron chi connectivity index (χ2n) is 6.18. The van der Waals surface area contributed by atoms with Crippen molar-refractivity contribution in [3.63, 3.8) is 0 Å². The summed E-state index contributed by atoms with van der Waals surface area (Å²) in [5, 5.41) is 10.7. The van der Waals surface area contributed by atoms with Crippen molar-refractivity contribution < 1.29 is 9.84 Å². The molecule has 4 rings (SSSR count). The minimum atomic E-state index is -0.254. The number of para-hydroxylation sites is 1. The summed E-state index contributed by atoms with van der Waals surface area (Å²) in [4.78, 5) is 0. The molecule has 2 aliphatic rings. The molecule has 0 saturated carbocycles. The van der Waals surface area contributed by atoms with Crippen LogP contribution >= 0.6 is 0 Å². The van der Waals surface area contributed by atoms with Crippen molar-refractivity contribution in [1.29, 1.82) is 0 Å². The van der Waals surface area contributed by atoms with Crippen LogP contribution in [0.4, 0.5) is 0 Å². The molecular weight excluding hydrogens is 260 g/mol. The highest BCUT2D eigenvalue weighted by molar-refractivity contribution is 5.42. The van der Waals surface area contributed by atoms with Crippen LogP contribution in [-0.4, -0.2) is 17.8 Å². The minimum absolute atomic E-state index is 0.254. The molecule has 1 N–H and O–H groups in total. The second kappa shape index (κ2) is 5.19. The molecule has 2 aromatic carbocycles. The van der Waals surface area contributed by atoms with E-state index >= 15 is 0 Å². The van der Waals surface area contributed by atoms with E-state index in [9.17, 15) is 5.11 Å². The Morgan fingerprint density at radius 3 is 2.67 bits per heavy atom. The van der Waals surface area contributed by atoms with E-state index in [1.54, 1.807) is 0 Å². The average molecular weight is 280 g/mol. The van der Waals surface area contributed by atoms with E-state index < -0.39 is 0 Å². The topological polar surface area (TPSA) is 29.5 Å². The quantitative estimate of drug-likeness (QED) is 0.930. The SMILES string of the molecule is OC(CC1CCOc2ccccc21)C1Cc2ccccc21. The van der Waals surface area contributed by atoms with Crippen LogP contribution in [0.15, 0.2) is 48.5 Å². The molecular formula is C19H20O2. The van der Waals surface area contributed by atoms with E-state index in [1.165, 1.54) is 16.7 Å². The van der Waals surface area contributed by atoms with E-state index in [2.05, 4.69) is 36.4 Å². The van der Waals surface area contributed by atoms with Crippen LogP contribution in [-0.2, 0) is 6.42 Å². The lowest BCUT2D eigenvalue weighted by Crippen LogP contribution is -2.31. The maximum absolute atomic E-state index is 10.7. The number of aliphatic hydroxyl groups is 1. The molecule has 108 valence electrons. The van der Waals surface area contributed by atoms with Crippen molar-refractivity contribution in [2.75, 3.05) is 6.61 Å². The molecule has 0 aromatic heterocycles. The molecule has 1 aliphatic carbocycles. The largest absolute Gasteiger partial charge is 0.493 e. The van der Waals surface area contributed by atoms with Crippen LogP contribution in [0.1, 0.15) is 41.4 Å². The average Bonchev–Trinajstić information content (AvgIpc) is 2.49. The Morgan fingerprint density at radius 2 is 1.81 bits per heavy atom. The van der Waals surface area contributed by atoms with Crippen molar-refractivity contribution in [2.24, 2.45) is 0 Å². The Morgan fingerprint density at radius 1 is 1.05 bits per heavy atom. The van der Waals surface area contributed by atoms with Gasteiger partial charge in [-0.2, -0.15) is 0 Å². The predicted octanol–water partition coefficient (Wildman–Crippen LogP) is 3.64. The number of hydrogen-bond donors (Lipinski definition) is 1. The van der Waals surface area contributed by atoms with Crippen LogP contribution in [0.2, 0.25) is 0 Å². The van der Waals surface area contributed by atoms with E-state index in [1.807, 2.05) is 12.1 Å². The van der Waals surface area contributed by atoms with Crippen molar-refractivity contribution in [1.82, 2.24) is 0 Å². The lowest BCUT2D eigenvalue weighted by atomic mass is 9.72. The van der Waals surface area contributed by atoms with Gasteiger partial charge >= 0.3 is 0 Å². The van der Waals surface area contributed by atoms with Gasteiger partial charge in [-0.1, -0.05) is 42.5 Å². The Balaban J connectivity index is 1.50. The molecule has 2 heteroatoms. The van der Waals surface area contributed by atoms with Gasteiger partial charge in [0.25, 0.3) is 0 Å². The van der Waals surface area contributed by atoms with Gasteiger partial charge in [0.15, 0.2) is 0 Å². The molecule has 0 radical (unpaired) electrons. The number of rotatable bonds is 3. The van der Waals surface area contributed by atoms with Gasteiger partial charge in [0, 0.05) is 5.92 Å². The van der Waals surface area contributed by atoms with Gasteiger partial charge < -0.3 is 9.84 Å². The summed E-state index contributed by atoms with van der Waals surface area (Å²) in [5.74, 6) is 1.73. The number of aliphatic hydroxyl groups excluding tert-OH is 1. The summed E-state index contributed by atoms with van der Waals surface area (Å²) >= 11 is 0. The highest BCUT2D eigenvalue weighted by atomic mass is 16.5. The molecule has 3 atom stereocenters. The first-order chi connectivity index (χ1) is 10.3. The van der Waals surface area contributed by atoms with E-state index in [-0.39, 0.29) is 6.10 Å². The van der Waals surface area contributed by atoms with Gasteiger partial charge in [-0.3, -0.25) is 0 Å². The van der Waals surface area contributed by atoms with Gasteiger partial charge in [0.05, 0.1) is 12.7 Å². The second-order valence-corrected chi connectivity index (χ2v) is 6.18. The highest BCUT2D eigenvalue weighted by Gasteiger charge is 2.34. The minimum Gasteiger partial charge on any atom is -0.493 e. The molecule has 3 unspecified atom stereocenters. The highest BCUT2D eigenvalue weighted by Crippen LogP contribution is 2.42. The number of ether oxygens (including phenoxy) is 1. The zero-order valence-electron chi connectivity index (χ0n) is 12.0. The van der Waals surface area contributed by atoms with Crippen LogP contribution < -0.4 is 4.74 Å². The normalized spacial score (nSPS) is 24.2. The predicted molar refractivity (Wildman–Crippen MR) is 82.8 cm³/mol. The summed E-state index contributed by atoms with van der Waals surface area (Å²) < 4.78 is 5.71. The number of benzene rings is 2. The Kier molecular flexibility index (Phi) is 3.19. The fraction of sp³-hybridized carbons (Fsp3) is 0.368. The molecule has 0 spiro atoms. The third-order valence-electron chi connectivity index (χ3n) is 4.97. The van der Waals surface area contributed by atoms with Crippen molar-refractivity contribution in [3.05, 3.63) is 65.2 Å². The molecule has 0 bridgehead atoms. The lowest BCUT2D eigenvalue weighted by Gasteiger charge is -2.36. The first-order valence-electron chi connectivity index (χ1n) is 7.80. The van der Waals surface area contributed by atoms with Crippen molar-refractivity contribution in [3.8, 4) is 5.75 Å². The van der Waals surface area contributed by atoms with E-state index in [0.29, 0.717) is 11.8 Å². The van der Waals surface area contributed by atoms with Crippen LogP contribution in [0, 0.1) is 0 Å². The van der Waals surface area contributed by atoms with Gasteiger partial charge in [0.1, 0.15) is 5.75 Å². The molecule has 0 fully saturated rings. The van der Waals surface area contributed by atoms with Crippen molar-refractivity contribution in [2.45, 2.75) is 37.2 Å². The fourth-order valence-electron chi connectivity index (χ4n) is 3.76. The summed E-state index contributed by atoms with van der Waals surface area (Å²) in [5.41, 5.74) is 4.00. The number of hydrogen-bond acceptors (Lipinski definition) is 2. The standard InChI is InChI=1S/C19H20O2/c20-18(17-11-13-5-1-2-6-15(13)17)12-14-9-10-21-19-8-4-3-7-16(14)19/h1-8,14,17-18,20H,9-12H2. The Bertz CT molecular complexity index is 650. The maximum Gasteiger partial charge on any atom is 0.122 e. The molecule has 2 nitrogen and oxygen atoms in total. The monoisotopic (exact) mass is 280 g/mol. The molecule has 0 amide bonds. The Hall–Kier alpha value is -1.80. The first-order valence-corrected chi connectivity index (χ1v) is 7.80. The van der Waals surface area contributed by atoms with Gasteiger partial charge in [-0.15, -0.1) is 0 Å². The third-order valence-corrected chi connectivity index (χ3v) is 4.97. The lowest BCUT2D eigenvalue weighted by molar-refractivity contribution is 0.108. The van der Waals surface area contributed by atoms with Crippen LogP contribution in [0.25, 0.3) is 0 Å². The van der Waals surface area contributed by atoms with Gasteiger partial charge in [0.2, 0.25) is 0 Å². The van der Waals surface area contributed by atoms with Crippen LogP contribution in [0.5, 0.6) is 5.75 Å². The van der Waals surface area contributed by atoms with Gasteiger partial charge in [-0.05, 0) is 47.9 Å². The molecule has 1 aliphatic heterocycles. The summed E-state index contributed by atoms with van der Waals surface area (Å²) in [6.07, 6.45) is 2.60. The Labute approximate surface area is 125 Å². The van der Waals surface area contributed by atoms with Gasteiger partial charge in [-0.25, -0.2) is 0 Å². The molecule has 2 aromatic rings.